The zero-order valence-electron chi connectivity index (χ0n) is 14.6. The number of rotatable bonds is 6. The number of methoxy groups -OCH3 is 1. The molecule has 26 heavy (non-hydrogen) atoms. The summed E-state index contributed by atoms with van der Waals surface area (Å²) in [6, 6.07) is 1.94. The Bertz CT molecular complexity index is 1050. The smallest absolute Gasteiger partial charge is 0.332 e. The van der Waals surface area contributed by atoms with E-state index in [0.717, 1.165) is 10.1 Å². The summed E-state index contributed by atoms with van der Waals surface area (Å²) >= 11 is 1.56. The molecule has 0 aliphatic rings. The van der Waals surface area contributed by atoms with Gasteiger partial charge in [-0.3, -0.25) is 18.7 Å². The minimum absolute atomic E-state index is 0.0794. The summed E-state index contributed by atoms with van der Waals surface area (Å²) in [7, 11) is 4.51. The number of imidazole rings is 1. The average Bonchev–Trinajstić information content (AvgIpc) is 3.29. The molecule has 0 bridgehead atoms. The van der Waals surface area contributed by atoms with Crippen LogP contribution in [0.4, 0.5) is 0 Å². The van der Waals surface area contributed by atoms with Crippen LogP contribution in [0.3, 0.4) is 0 Å². The topological polar surface area (TPSA) is 100 Å². The maximum absolute atomic E-state index is 12.4. The van der Waals surface area contributed by atoms with Crippen molar-refractivity contribution in [3.8, 4) is 0 Å². The molecule has 9 nitrogen and oxygen atoms in total. The quantitative estimate of drug-likeness (QED) is 0.652. The van der Waals surface area contributed by atoms with Crippen LogP contribution in [0, 0.1) is 0 Å². The van der Waals surface area contributed by atoms with Gasteiger partial charge in [0.1, 0.15) is 12.6 Å². The standard InChI is InChI=1S/C16H19N5O4S/c1-19-14-13(15(23)20(2)16(19)24)21(9-18-14)7-12(22)17-6-11(25-3)10-4-5-26-8-10/h4-5,8-9,11H,6-7H2,1-3H3,(H,17,22). The van der Waals surface area contributed by atoms with Gasteiger partial charge in [-0.25, -0.2) is 9.78 Å². The van der Waals surface area contributed by atoms with Crippen molar-refractivity contribution in [1.82, 2.24) is 24.0 Å². The third-order valence-electron chi connectivity index (χ3n) is 4.22. The first-order valence-electron chi connectivity index (χ1n) is 7.86. The molecule has 0 spiro atoms. The summed E-state index contributed by atoms with van der Waals surface area (Å²) < 4.78 is 9.12. The van der Waals surface area contributed by atoms with Crippen LogP contribution >= 0.6 is 11.3 Å². The largest absolute Gasteiger partial charge is 0.375 e. The number of aryl methyl sites for hydroxylation is 1. The van der Waals surface area contributed by atoms with E-state index in [1.54, 1.807) is 18.4 Å². The summed E-state index contributed by atoms with van der Waals surface area (Å²) in [5.41, 5.74) is 0.511. The highest BCUT2D eigenvalue weighted by molar-refractivity contribution is 7.07. The van der Waals surface area contributed by atoms with Crippen LogP contribution in [0.5, 0.6) is 0 Å². The van der Waals surface area contributed by atoms with Crippen molar-refractivity contribution >= 4 is 28.4 Å². The van der Waals surface area contributed by atoms with Crippen LogP contribution in [-0.4, -0.2) is 38.2 Å². The highest BCUT2D eigenvalue weighted by Gasteiger charge is 2.17. The van der Waals surface area contributed by atoms with Crippen molar-refractivity contribution < 1.29 is 9.53 Å². The van der Waals surface area contributed by atoms with E-state index in [1.165, 1.54) is 29.6 Å². The Balaban J connectivity index is 1.78. The molecule has 1 atom stereocenters. The number of hydrogen-bond donors (Lipinski definition) is 1. The molecule has 138 valence electrons. The number of carbonyl (C=O) groups excluding carboxylic acids is 1. The van der Waals surface area contributed by atoms with Gasteiger partial charge in [0.2, 0.25) is 5.91 Å². The summed E-state index contributed by atoms with van der Waals surface area (Å²) in [5, 5.41) is 6.71. The second kappa shape index (κ2) is 7.26. The molecule has 0 saturated heterocycles. The summed E-state index contributed by atoms with van der Waals surface area (Å²) in [6.07, 6.45) is 1.15. The molecule has 3 aromatic rings. The number of fused-ring (bicyclic) bond motifs is 1. The zero-order chi connectivity index (χ0) is 18.8. The first kappa shape index (κ1) is 18.1. The zero-order valence-corrected chi connectivity index (χ0v) is 15.4. The fourth-order valence-corrected chi connectivity index (χ4v) is 3.43. The van der Waals surface area contributed by atoms with E-state index in [0.29, 0.717) is 6.54 Å². The van der Waals surface area contributed by atoms with Gasteiger partial charge in [-0.15, -0.1) is 0 Å². The molecule has 3 aromatic heterocycles. The van der Waals surface area contributed by atoms with E-state index in [2.05, 4.69) is 10.3 Å². The van der Waals surface area contributed by atoms with Crippen LogP contribution in [0.15, 0.2) is 32.7 Å². The van der Waals surface area contributed by atoms with Gasteiger partial charge >= 0.3 is 5.69 Å². The molecule has 0 radical (unpaired) electrons. The molecule has 0 aliphatic carbocycles. The van der Waals surface area contributed by atoms with Gasteiger partial charge in [-0.05, 0) is 22.4 Å². The number of amides is 1. The van der Waals surface area contributed by atoms with E-state index >= 15 is 0 Å². The van der Waals surface area contributed by atoms with Gasteiger partial charge in [0, 0.05) is 27.7 Å². The number of nitrogens with one attached hydrogen (secondary N) is 1. The lowest BCUT2D eigenvalue weighted by atomic mass is 10.2. The molecular formula is C16H19N5O4S. The van der Waals surface area contributed by atoms with Crippen molar-refractivity contribution in [3.05, 3.63) is 49.6 Å². The maximum atomic E-state index is 12.4. The Morgan fingerprint density at radius 2 is 2.12 bits per heavy atom. The number of hydrogen-bond acceptors (Lipinski definition) is 6. The van der Waals surface area contributed by atoms with Gasteiger partial charge < -0.3 is 14.6 Å². The van der Waals surface area contributed by atoms with Gasteiger partial charge in [-0.2, -0.15) is 11.3 Å². The monoisotopic (exact) mass is 377 g/mol. The minimum Gasteiger partial charge on any atom is -0.375 e. The Morgan fingerprint density at radius 1 is 1.35 bits per heavy atom. The number of aromatic nitrogens is 4. The molecular weight excluding hydrogens is 358 g/mol. The Morgan fingerprint density at radius 3 is 2.77 bits per heavy atom. The second-order valence-corrected chi connectivity index (χ2v) is 6.62. The molecule has 3 heterocycles. The van der Waals surface area contributed by atoms with Crippen LogP contribution in [0.25, 0.3) is 11.2 Å². The molecule has 1 unspecified atom stereocenters. The van der Waals surface area contributed by atoms with Crippen LogP contribution < -0.4 is 16.6 Å². The predicted molar refractivity (Wildman–Crippen MR) is 97.3 cm³/mol. The van der Waals surface area contributed by atoms with E-state index in [4.69, 9.17) is 4.74 Å². The van der Waals surface area contributed by atoms with E-state index < -0.39 is 11.2 Å². The Labute approximate surface area is 152 Å². The molecule has 3 rings (SSSR count). The summed E-state index contributed by atoms with van der Waals surface area (Å²) in [4.78, 5) is 40.7. The number of thiophene rings is 1. The normalized spacial score (nSPS) is 12.4. The second-order valence-electron chi connectivity index (χ2n) is 5.84. The number of nitrogens with zero attached hydrogens (tertiary/aromatic N) is 4. The first-order valence-corrected chi connectivity index (χ1v) is 8.80. The number of ether oxygens (including phenoxy) is 1. The van der Waals surface area contributed by atoms with Crippen molar-refractivity contribution in [2.75, 3.05) is 13.7 Å². The fraction of sp³-hybridized carbons (Fsp3) is 0.375. The lowest BCUT2D eigenvalue weighted by Crippen LogP contribution is -2.38. The van der Waals surface area contributed by atoms with Gasteiger partial charge in [0.05, 0.1) is 6.33 Å². The fourth-order valence-electron chi connectivity index (χ4n) is 2.73. The van der Waals surface area contributed by atoms with E-state index in [9.17, 15) is 14.4 Å². The molecule has 0 aliphatic heterocycles. The summed E-state index contributed by atoms with van der Waals surface area (Å²) in [5.74, 6) is -0.280. The first-order chi connectivity index (χ1) is 12.4. The lowest BCUT2D eigenvalue weighted by Gasteiger charge is -2.15. The molecule has 0 fully saturated rings. The third-order valence-corrected chi connectivity index (χ3v) is 4.92. The van der Waals surface area contributed by atoms with Gasteiger partial charge in [-0.1, -0.05) is 0 Å². The molecule has 0 saturated carbocycles. The maximum Gasteiger partial charge on any atom is 0.332 e. The van der Waals surface area contributed by atoms with Crippen LogP contribution in [0.1, 0.15) is 11.7 Å². The molecule has 1 N–H and O–H groups in total. The molecule has 1 amide bonds. The van der Waals surface area contributed by atoms with E-state index in [-0.39, 0.29) is 29.7 Å². The van der Waals surface area contributed by atoms with Crippen LogP contribution in [-0.2, 0) is 30.2 Å². The third kappa shape index (κ3) is 3.20. The SMILES string of the molecule is COC(CNC(=O)Cn1cnc2c1c(=O)n(C)c(=O)n2C)c1ccsc1. The van der Waals surface area contributed by atoms with Crippen molar-refractivity contribution in [2.24, 2.45) is 14.1 Å². The Kier molecular flexibility index (Phi) is 5.05. The molecule has 0 aromatic carbocycles. The predicted octanol–water partition coefficient (Wildman–Crippen LogP) is -0.000900. The van der Waals surface area contributed by atoms with Gasteiger partial charge in [0.25, 0.3) is 5.56 Å². The average molecular weight is 377 g/mol. The van der Waals surface area contributed by atoms with Gasteiger partial charge in [0.15, 0.2) is 11.2 Å². The van der Waals surface area contributed by atoms with Crippen molar-refractivity contribution in [2.45, 2.75) is 12.6 Å². The highest BCUT2D eigenvalue weighted by atomic mass is 32.1. The van der Waals surface area contributed by atoms with Crippen molar-refractivity contribution in [1.29, 1.82) is 0 Å². The Hall–Kier alpha value is -2.72. The van der Waals surface area contributed by atoms with Crippen LogP contribution in [0.2, 0.25) is 0 Å². The summed E-state index contributed by atoms with van der Waals surface area (Å²) in [6.45, 7) is 0.235. The molecule has 10 heteroatoms. The minimum atomic E-state index is -0.485. The van der Waals surface area contributed by atoms with Crippen molar-refractivity contribution in [3.63, 3.8) is 0 Å². The van der Waals surface area contributed by atoms with E-state index in [1.807, 2.05) is 16.8 Å². The highest BCUT2D eigenvalue weighted by Crippen LogP contribution is 2.18. The number of carbonyl (C=O) groups is 1. The lowest BCUT2D eigenvalue weighted by molar-refractivity contribution is -0.122.